The second-order valence-electron chi connectivity index (χ2n) is 40.9. The molecule has 0 spiro atoms. The topological polar surface area (TPSA) is 357 Å². The molecule has 28 nitrogen and oxygen atoms in total. The number of benzene rings is 5. The van der Waals surface area contributed by atoms with Crippen LogP contribution in [0.1, 0.15) is 277 Å². The molecule has 5 aromatic carbocycles. The quantitative estimate of drug-likeness (QED) is 0.0291. The maximum Gasteiger partial charge on any atom is 0.336 e. The average Bonchev–Trinajstić information content (AvgIpc) is 1.68. The molecule has 20 rings (SSSR count). The van der Waals surface area contributed by atoms with Gasteiger partial charge in [-0.25, -0.2) is 29.1 Å². The number of hydrogen-bond donors (Lipinski definition) is 5. The summed E-state index contributed by atoms with van der Waals surface area (Å²) in [5.74, 6) is -1.37. The van der Waals surface area contributed by atoms with E-state index in [1.54, 1.807) is 52.3 Å². The van der Waals surface area contributed by atoms with Crippen LogP contribution in [0.5, 0.6) is 0 Å². The summed E-state index contributed by atoms with van der Waals surface area (Å²) in [4.78, 5) is 156. The van der Waals surface area contributed by atoms with Gasteiger partial charge in [0, 0.05) is 144 Å². The van der Waals surface area contributed by atoms with E-state index in [2.05, 4.69) is 71.4 Å². The monoisotopic (exact) mass is 2070 g/mol. The van der Waals surface area contributed by atoms with Crippen LogP contribution in [-0.2, 0) is 47.8 Å². The molecule has 778 valence electrons. The summed E-state index contributed by atoms with van der Waals surface area (Å²) in [5.41, 5.74) is 9.38. The summed E-state index contributed by atoms with van der Waals surface area (Å²) in [6.45, 7) is 20.8. The van der Waals surface area contributed by atoms with Crippen LogP contribution in [0.4, 0.5) is 4.39 Å². The van der Waals surface area contributed by atoms with Crippen molar-refractivity contribution >= 4 is 142 Å². The molecule has 8 aliphatic rings. The van der Waals surface area contributed by atoms with Crippen LogP contribution < -0.4 is 21.3 Å². The molecular formula is C114H138FN15O13S4. The number of pyridine rings is 2. The smallest absolute Gasteiger partial charge is 0.336 e. The molecule has 0 radical (unpaired) electrons. The van der Waals surface area contributed by atoms with E-state index in [-0.39, 0.29) is 130 Å². The first-order chi connectivity index (χ1) is 71.5. The summed E-state index contributed by atoms with van der Waals surface area (Å²) >= 11 is 6.26. The van der Waals surface area contributed by atoms with Crippen LogP contribution in [-0.4, -0.2) is 190 Å². The minimum Gasteiger partial charge on any atom is -0.478 e. The summed E-state index contributed by atoms with van der Waals surface area (Å²) < 4.78 is 29.9. The third-order valence-electron chi connectivity index (χ3n) is 31.5. The van der Waals surface area contributed by atoms with Crippen LogP contribution in [0.3, 0.4) is 0 Å². The molecule has 6 saturated heterocycles. The SMILES string of the molecule is CC[C@@H](C)C(=O)N[C@H](C(=O)N1CCC[C@H]1c1nc(-c2ccc(C(=O)O)c3ccccc23)cs1)C1CCCCC1.CC[C@@H](C)C(=O)N[C@H](C(=O)N1CCC[C@H]1c1nc(-c2cccc3ncccc23)cs1)C1CCCCC1.CC[C@@H](C)C(=O)N[C@H](C(=O)N1CCC[C@H]1c1nc(-c2cccc3ncccc23)cs1)C1CCOCC1.CC[C@@H](C)C(=O)N[C@H](C(=O)N1CCC[C@H]1c1nc(-c2noc3cc(F)ccc23)cs1)C1CCOCC1. The molecule has 147 heavy (non-hydrogen) atoms. The Kier molecular flexibility index (Phi) is 36.3. The van der Waals surface area contributed by atoms with Gasteiger partial charge in [0.15, 0.2) is 5.58 Å². The minimum absolute atomic E-state index is 0.00160. The Morgan fingerprint density at radius 2 is 0.714 bits per heavy atom. The lowest BCUT2D eigenvalue weighted by Gasteiger charge is -2.35. The normalized spacial score (nSPS) is 20.2. The summed E-state index contributed by atoms with van der Waals surface area (Å²) in [6, 6.07) is 33.2. The lowest BCUT2D eigenvalue weighted by atomic mass is 9.83. The van der Waals surface area contributed by atoms with Gasteiger partial charge in [-0.2, -0.15) is 0 Å². The molecule has 7 aromatic heterocycles. The number of nitrogens with one attached hydrogen (secondary N) is 4. The molecule has 0 bridgehead atoms. The van der Waals surface area contributed by atoms with Gasteiger partial charge in [-0.3, -0.25) is 48.3 Å². The van der Waals surface area contributed by atoms with Gasteiger partial charge in [0.1, 0.15) is 61.4 Å². The van der Waals surface area contributed by atoms with Gasteiger partial charge in [0.2, 0.25) is 47.3 Å². The van der Waals surface area contributed by atoms with Gasteiger partial charge < -0.3 is 60.0 Å². The Morgan fingerprint density at radius 3 is 1.08 bits per heavy atom. The standard InChI is InChI=1S/C31H37N3O4S.C29H36N4O2S.C28H34N4O3S.C26H31FN4O4S/c1-3-19(2)28(35)33-27(20-10-5-4-6-11-20)30(36)34-17-9-14-26(34)29-32-25(18-39-29)23-15-16-24(31(37)38)22-13-8-7-12-21(22)23;1-3-19(2)27(34)32-26(20-10-5-4-6-11-20)29(35)33-17-9-15-25(33)28-31-24(18-36-28)22-12-7-14-23-21(22)13-8-16-30-23;1-3-18(2)26(33)31-25(19-11-15-35-16-12-19)28(34)32-14-6-10-24(32)27-30-23(17-36-27)21-7-4-9-22-20(21)8-5-13-29-22;1-3-15(2)24(32)29-22(16-8-11-34-12-9-16)26(33)31-10-4-5-20(31)25-28-19(14-36-25)23-18-7-6-17(27)13-21(18)35-30-23/h7-8,12-13,15-16,18-20,26-27H,3-6,9-11,14,17H2,1-2H3,(H,33,35)(H,37,38);7-8,12-14,16,18-20,25-26H,3-6,9-11,15,17H2,1-2H3,(H,32,34);4-5,7-9,13,17-19,24-25H,3,6,10-12,14-16H2,1-2H3,(H,31,33);6-7,13-16,20,22H,3-5,8-12H2,1-2H3,(H,29,32)/t19-,26+,27+;19-,25+,26+;18-,24+,25+;15-,20+,22+/m1111/s1. The van der Waals surface area contributed by atoms with Gasteiger partial charge >= 0.3 is 5.97 Å². The van der Waals surface area contributed by atoms with Crippen molar-refractivity contribution in [3.8, 4) is 45.2 Å². The second kappa shape index (κ2) is 50.0. The van der Waals surface area contributed by atoms with Crippen molar-refractivity contribution in [1.29, 1.82) is 0 Å². The number of aromatic carboxylic acids is 1. The fourth-order valence-corrected chi connectivity index (χ4v) is 25.9. The van der Waals surface area contributed by atoms with E-state index in [0.717, 1.165) is 242 Å². The van der Waals surface area contributed by atoms with Crippen molar-refractivity contribution in [3.05, 3.63) is 181 Å². The van der Waals surface area contributed by atoms with E-state index < -0.39 is 30.1 Å². The number of ether oxygens (including phenoxy) is 2. The number of fused-ring (bicyclic) bond motifs is 4. The number of nitrogens with zero attached hydrogens (tertiary/aromatic N) is 11. The number of amides is 8. The molecule has 12 atom stereocenters. The van der Waals surface area contributed by atoms with Crippen LogP contribution in [0, 0.1) is 53.2 Å². The molecule has 8 amide bonds. The third kappa shape index (κ3) is 24.7. The van der Waals surface area contributed by atoms with Gasteiger partial charge in [0.25, 0.3) is 0 Å². The molecule has 2 aliphatic carbocycles. The maximum atomic E-state index is 14.1. The lowest BCUT2D eigenvalue weighted by molar-refractivity contribution is -0.141. The average molecular weight is 2070 g/mol. The van der Waals surface area contributed by atoms with Gasteiger partial charge in [-0.15, -0.1) is 45.3 Å². The summed E-state index contributed by atoms with van der Waals surface area (Å²) in [6.07, 6.45) is 27.6. The summed E-state index contributed by atoms with van der Waals surface area (Å²) in [7, 11) is 0. The van der Waals surface area contributed by atoms with Crippen molar-refractivity contribution in [2.45, 2.75) is 271 Å². The third-order valence-corrected chi connectivity index (χ3v) is 35.3. The van der Waals surface area contributed by atoms with Crippen molar-refractivity contribution in [2.75, 3.05) is 52.6 Å². The number of carbonyl (C=O) groups excluding carboxylic acids is 8. The molecule has 13 heterocycles. The molecule has 2 saturated carbocycles. The molecule has 12 aromatic rings. The minimum atomic E-state index is -0.954. The van der Waals surface area contributed by atoms with Crippen molar-refractivity contribution in [3.63, 3.8) is 0 Å². The molecular weight excluding hydrogens is 1930 g/mol. The highest BCUT2D eigenvalue weighted by Gasteiger charge is 2.47. The number of aromatic nitrogens is 7. The Bertz CT molecular complexity index is 6400. The largest absolute Gasteiger partial charge is 0.478 e. The first-order valence-electron chi connectivity index (χ1n) is 53.4. The Hall–Kier alpha value is -11.8. The van der Waals surface area contributed by atoms with Crippen molar-refractivity contribution < 1.29 is 66.6 Å². The van der Waals surface area contributed by atoms with E-state index >= 15 is 0 Å². The Balaban J connectivity index is 0.000000134. The second-order valence-corrected chi connectivity index (χ2v) is 44.4. The number of thiazole rings is 4. The first-order valence-corrected chi connectivity index (χ1v) is 56.9. The molecule has 8 fully saturated rings. The zero-order chi connectivity index (χ0) is 103. The number of carboxylic acid groups (broad SMARTS) is 1. The predicted molar refractivity (Wildman–Crippen MR) is 573 cm³/mol. The predicted octanol–water partition coefficient (Wildman–Crippen LogP) is 22.3. The highest BCUT2D eigenvalue weighted by Crippen LogP contribution is 2.46. The molecule has 0 unspecified atom stereocenters. The fraction of sp³-hybridized carbons (Fsp3) is 0.509. The molecule has 33 heteroatoms. The Labute approximate surface area is 875 Å². The number of halogens is 1. The number of rotatable bonds is 29. The number of carbonyl (C=O) groups is 9. The summed E-state index contributed by atoms with van der Waals surface area (Å²) in [5, 5.41) is 42.4. The maximum absolute atomic E-state index is 14.1. The van der Waals surface area contributed by atoms with E-state index in [9.17, 15) is 52.6 Å². The van der Waals surface area contributed by atoms with Gasteiger partial charge in [0.05, 0.1) is 63.2 Å². The zero-order valence-electron chi connectivity index (χ0n) is 85.5. The lowest BCUT2D eigenvalue weighted by Crippen LogP contribution is -2.54. The van der Waals surface area contributed by atoms with E-state index in [4.69, 9.17) is 33.9 Å². The first kappa shape index (κ1) is 107. The van der Waals surface area contributed by atoms with Gasteiger partial charge in [-0.1, -0.05) is 166 Å². The fourth-order valence-electron chi connectivity index (χ4n) is 22.0. The van der Waals surface area contributed by atoms with Gasteiger partial charge in [-0.05, 0) is 205 Å². The highest BCUT2D eigenvalue weighted by molar-refractivity contribution is 7.11. The Morgan fingerprint density at radius 1 is 0.374 bits per heavy atom. The molecule has 5 N–H and O–H groups in total. The van der Waals surface area contributed by atoms with Crippen molar-refractivity contribution in [2.24, 2.45) is 47.3 Å². The van der Waals surface area contributed by atoms with Crippen LogP contribution in [0.15, 0.2) is 154 Å². The van der Waals surface area contributed by atoms with Crippen LogP contribution >= 0.6 is 45.3 Å². The number of carboxylic acids is 1. The van der Waals surface area contributed by atoms with Crippen molar-refractivity contribution in [1.82, 2.24) is 75.9 Å². The van der Waals surface area contributed by atoms with E-state index in [0.29, 0.717) is 73.8 Å². The van der Waals surface area contributed by atoms with E-state index in [1.807, 2.05) is 159 Å². The van der Waals surface area contributed by atoms with Crippen LogP contribution in [0.25, 0.3) is 88.7 Å². The van der Waals surface area contributed by atoms with Crippen LogP contribution in [0.2, 0.25) is 0 Å². The highest BCUT2D eigenvalue weighted by atomic mass is 32.1. The number of likely N-dealkylation sites (tertiary alicyclic amines) is 4. The van der Waals surface area contributed by atoms with E-state index in [1.165, 1.54) is 36.3 Å². The zero-order valence-corrected chi connectivity index (χ0v) is 88.8. The molecule has 6 aliphatic heterocycles. The number of hydrogen-bond acceptors (Lipinski definition) is 23.